The van der Waals surface area contributed by atoms with E-state index >= 15 is 0 Å². The number of nitrogens with zero attached hydrogens (tertiary/aromatic N) is 1. The maximum atomic E-state index is 7.14. The summed E-state index contributed by atoms with van der Waals surface area (Å²) in [5, 5.41) is 0. The van der Waals surface area contributed by atoms with E-state index in [2.05, 4.69) is 48.2 Å². The molecule has 5 fully saturated rings. The van der Waals surface area contributed by atoms with Crippen LogP contribution in [-0.2, 0) is 27.9 Å². The van der Waals surface area contributed by atoms with Gasteiger partial charge in [0.05, 0.1) is 20.3 Å². The van der Waals surface area contributed by atoms with E-state index in [-0.39, 0.29) is 22.5 Å². The van der Waals surface area contributed by atoms with E-state index in [1.165, 1.54) is 54.6 Å². The molecule has 2 heterocycles. The summed E-state index contributed by atoms with van der Waals surface area (Å²) in [7, 11) is 3.71. The Morgan fingerprint density at radius 1 is 1.05 bits per heavy atom. The van der Waals surface area contributed by atoms with Crippen molar-refractivity contribution in [3.05, 3.63) is 58.7 Å². The highest BCUT2D eigenvalue weighted by atomic mass is 16.6. The monoisotopic (exact) mass is 515 g/mol. The molecule has 9 rings (SSSR count). The summed E-state index contributed by atoms with van der Waals surface area (Å²) in [5.41, 5.74) is 5.41. The molecule has 1 saturated heterocycles. The highest BCUT2D eigenvalue weighted by molar-refractivity contribution is 5.63. The minimum absolute atomic E-state index is 0.00987. The summed E-state index contributed by atoms with van der Waals surface area (Å²) in [5.74, 6) is 3.12. The first-order chi connectivity index (χ1) is 18.6. The molecule has 202 valence electrons. The molecule has 5 nitrogen and oxygen atoms in total. The van der Waals surface area contributed by atoms with Crippen LogP contribution in [0, 0.1) is 24.2 Å². The third-order valence-corrected chi connectivity index (χ3v) is 11.8. The second-order valence-electron chi connectivity index (χ2n) is 13.2. The molecule has 2 unspecified atom stereocenters. The average Bonchev–Trinajstić information content (AvgIpc) is 3.68. The van der Waals surface area contributed by atoms with E-state index in [9.17, 15) is 0 Å². The standard InChI is InChI=1S/C33H41NO4/c1-21-6-4-5-7-24(21)19-37-20-25-17-31-12-13-33(25,36-3)30-32(31)14-15-34(18-22-8-9-22)27(31)16-23-10-11-26(35-2)29(38-30)28(23)32/h4-7,10-11,22,25,27,30H,8-9,12-20H2,1-3H3/t25-,27-,30-,31?,32?,33-/m1/s1. The number of methoxy groups -OCH3 is 2. The van der Waals surface area contributed by atoms with E-state index in [0.717, 1.165) is 49.7 Å². The summed E-state index contributed by atoms with van der Waals surface area (Å²) in [4.78, 5) is 2.90. The molecule has 4 saturated carbocycles. The van der Waals surface area contributed by atoms with Crippen LogP contribution < -0.4 is 9.47 Å². The molecular formula is C33H41NO4. The van der Waals surface area contributed by atoms with Gasteiger partial charge in [0.15, 0.2) is 11.5 Å². The molecule has 0 amide bonds. The number of ether oxygens (including phenoxy) is 4. The lowest BCUT2D eigenvalue weighted by Gasteiger charge is -2.74. The van der Waals surface area contributed by atoms with Gasteiger partial charge < -0.3 is 18.9 Å². The maximum absolute atomic E-state index is 7.14. The Kier molecular flexibility index (Phi) is 5.14. The minimum Gasteiger partial charge on any atom is -0.493 e. The number of fused-ring (bicyclic) bond motifs is 2. The smallest absolute Gasteiger partial charge is 0.165 e. The van der Waals surface area contributed by atoms with Crippen LogP contribution in [0.5, 0.6) is 11.5 Å². The largest absolute Gasteiger partial charge is 0.493 e. The summed E-state index contributed by atoms with van der Waals surface area (Å²) in [6.07, 6.45) is 8.57. The van der Waals surface area contributed by atoms with Crippen LogP contribution >= 0.6 is 0 Å². The van der Waals surface area contributed by atoms with Crippen molar-refractivity contribution in [2.75, 3.05) is 33.9 Å². The number of hydrogen-bond donors (Lipinski definition) is 0. The van der Waals surface area contributed by atoms with Crippen molar-refractivity contribution in [1.82, 2.24) is 4.90 Å². The first-order valence-electron chi connectivity index (χ1n) is 14.8. The van der Waals surface area contributed by atoms with Gasteiger partial charge in [0, 0.05) is 42.0 Å². The fourth-order valence-electron chi connectivity index (χ4n) is 9.98. The second kappa shape index (κ2) is 8.22. The number of likely N-dealkylation sites (tertiary alicyclic amines) is 1. The Morgan fingerprint density at radius 2 is 1.92 bits per heavy atom. The zero-order valence-corrected chi connectivity index (χ0v) is 23.1. The number of piperidine rings is 1. The van der Waals surface area contributed by atoms with E-state index in [1.807, 2.05) is 7.11 Å². The molecule has 7 aliphatic rings. The highest BCUT2D eigenvalue weighted by Crippen LogP contribution is 2.76. The lowest BCUT2D eigenvalue weighted by molar-refractivity contribution is -0.283. The molecule has 2 aromatic carbocycles. The Balaban J connectivity index is 1.21. The lowest BCUT2D eigenvalue weighted by Crippen LogP contribution is -2.81. The second-order valence-corrected chi connectivity index (χ2v) is 13.2. The first kappa shape index (κ1) is 23.8. The van der Waals surface area contributed by atoms with Crippen molar-refractivity contribution < 1.29 is 18.9 Å². The number of rotatable bonds is 8. The zero-order valence-electron chi connectivity index (χ0n) is 23.1. The highest BCUT2D eigenvalue weighted by Gasteiger charge is 2.80. The fourth-order valence-corrected chi connectivity index (χ4v) is 9.98. The molecule has 6 atom stereocenters. The molecule has 0 N–H and O–H groups in total. The maximum Gasteiger partial charge on any atom is 0.165 e. The van der Waals surface area contributed by atoms with Crippen LogP contribution in [0.1, 0.15) is 60.8 Å². The Labute approximate surface area is 226 Å². The molecule has 0 radical (unpaired) electrons. The summed E-state index contributed by atoms with van der Waals surface area (Å²) >= 11 is 0. The van der Waals surface area contributed by atoms with Gasteiger partial charge in [-0.05, 0) is 87.1 Å². The van der Waals surface area contributed by atoms with Crippen LogP contribution in [-0.4, -0.2) is 56.6 Å². The van der Waals surface area contributed by atoms with Crippen LogP contribution in [0.15, 0.2) is 36.4 Å². The Morgan fingerprint density at radius 3 is 2.71 bits per heavy atom. The molecule has 0 aromatic heterocycles. The van der Waals surface area contributed by atoms with Gasteiger partial charge in [0.25, 0.3) is 0 Å². The van der Waals surface area contributed by atoms with Crippen molar-refractivity contribution in [3.8, 4) is 11.5 Å². The first-order valence-corrected chi connectivity index (χ1v) is 14.8. The third-order valence-electron chi connectivity index (χ3n) is 11.8. The van der Waals surface area contributed by atoms with Gasteiger partial charge in [-0.1, -0.05) is 30.3 Å². The van der Waals surface area contributed by atoms with Gasteiger partial charge in [-0.25, -0.2) is 0 Å². The molecule has 5 heteroatoms. The normalized spacial score (nSPS) is 38.1. The van der Waals surface area contributed by atoms with Gasteiger partial charge in [-0.3, -0.25) is 4.90 Å². The van der Waals surface area contributed by atoms with Gasteiger partial charge in [-0.2, -0.15) is 0 Å². The van der Waals surface area contributed by atoms with Crippen LogP contribution in [0.2, 0.25) is 0 Å². The van der Waals surface area contributed by atoms with E-state index in [0.29, 0.717) is 18.6 Å². The predicted molar refractivity (Wildman–Crippen MR) is 146 cm³/mol. The quantitative estimate of drug-likeness (QED) is 0.468. The molecular weight excluding hydrogens is 474 g/mol. The number of benzene rings is 2. The summed E-state index contributed by atoms with van der Waals surface area (Å²) in [6, 6.07) is 13.6. The Hall–Kier alpha value is -2.08. The predicted octanol–water partition coefficient (Wildman–Crippen LogP) is 5.44. The van der Waals surface area contributed by atoms with Gasteiger partial charge >= 0.3 is 0 Å². The summed E-state index contributed by atoms with van der Waals surface area (Å²) < 4.78 is 26.2. The van der Waals surface area contributed by atoms with Crippen LogP contribution in [0.25, 0.3) is 0 Å². The third kappa shape index (κ3) is 2.88. The molecule has 38 heavy (non-hydrogen) atoms. The van der Waals surface area contributed by atoms with Crippen LogP contribution in [0.3, 0.4) is 0 Å². The van der Waals surface area contributed by atoms with Gasteiger partial charge in [-0.15, -0.1) is 0 Å². The molecule has 2 spiro atoms. The van der Waals surface area contributed by atoms with Gasteiger partial charge in [0.2, 0.25) is 0 Å². The van der Waals surface area contributed by atoms with E-state index in [4.69, 9.17) is 18.9 Å². The molecule has 5 aliphatic carbocycles. The zero-order chi connectivity index (χ0) is 25.7. The molecule has 4 bridgehead atoms. The number of hydrogen-bond acceptors (Lipinski definition) is 5. The van der Waals surface area contributed by atoms with E-state index in [1.54, 1.807) is 7.11 Å². The summed E-state index contributed by atoms with van der Waals surface area (Å²) in [6.45, 7) is 5.99. The van der Waals surface area contributed by atoms with Crippen molar-refractivity contribution in [1.29, 1.82) is 0 Å². The van der Waals surface area contributed by atoms with Crippen LogP contribution in [0.4, 0.5) is 0 Å². The number of aryl methyl sites for hydroxylation is 1. The van der Waals surface area contributed by atoms with E-state index < -0.39 is 0 Å². The SMILES string of the molecule is COc1ccc2c3c1O[C@@H]1C34CCN(CC3CC3)[C@H](C2)C42CC[C@@]1(OC)[C@@H](COCc1ccccc1C)C2. The van der Waals surface area contributed by atoms with Crippen molar-refractivity contribution >= 4 is 0 Å². The average molecular weight is 516 g/mol. The van der Waals surface area contributed by atoms with Crippen molar-refractivity contribution in [3.63, 3.8) is 0 Å². The minimum atomic E-state index is -0.338. The fraction of sp³-hybridized carbons (Fsp3) is 0.636. The lowest BCUT2D eigenvalue weighted by atomic mass is 9.35. The molecule has 2 aromatic rings. The molecule has 2 aliphatic heterocycles. The topological polar surface area (TPSA) is 40.2 Å². The Bertz CT molecular complexity index is 1270. The van der Waals surface area contributed by atoms with Gasteiger partial charge in [0.1, 0.15) is 11.7 Å². The van der Waals surface area contributed by atoms with Crippen molar-refractivity contribution in [2.24, 2.45) is 17.3 Å². The van der Waals surface area contributed by atoms with Crippen molar-refractivity contribution in [2.45, 2.75) is 81.6 Å².